The van der Waals surface area contributed by atoms with Gasteiger partial charge in [-0.2, -0.15) is 5.10 Å². The highest BCUT2D eigenvalue weighted by Crippen LogP contribution is 2.31. The Kier molecular flexibility index (Phi) is 4.20. The Labute approximate surface area is 129 Å². The van der Waals surface area contributed by atoms with Crippen molar-refractivity contribution in [3.8, 4) is 5.82 Å². The standard InChI is InChI=1S/C16H20N4O2/c21-14(12-16(22)7-2-1-3-8-16)19-13-6-4-9-17-15(13)20-11-5-10-18-20/h4-6,9-11,22H,1-3,7-8,12H2,(H,19,21). The van der Waals surface area contributed by atoms with Gasteiger partial charge in [-0.1, -0.05) is 19.3 Å². The Morgan fingerprint density at radius 2 is 2.09 bits per heavy atom. The molecule has 0 atom stereocenters. The van der Waals surface area contributed by atoms with E-state index in [1.165, 1.54) is 0 Å². The molecule has 0 unspecified atom stereocenters. The van der Waals surface area contributed by atoms with Crippen LogP contribution in [0.15, 0.2) is 36.8 Å². The van der Waals surface area contributed by atoms with Crippen LogP contribution in [0.3, 0.4) is 0 Å². The quantitative estimate of drug-likeness (QED) is 0.908. The minimum absolute atomic E-state index is 0.125. The molecule has 0 aromatic carbocycles. The maximum absolute atomic E-state index is 12.3. The lowest BCUT2D eigenvalue weighted by Gasteiger charge is -2.31. The van der Waals surface area contributed by atoms with Gasteiger partial charge in [0.15, 0.2) is 5.82 Å². The highest BCUT2D eigenvalue weighted by atomic mass is 16.3. The van der Waals surface area contributed by atoms with Crippen LogP contribution < -0.4 is 5.32 Å². The fraction of sp³-hybridized carbons (Fsp3) is 0.438. The molecule has 0 bridgehead atoms. The van der Waals surface area contributed by atoms with Crippen LogP contribution in [0.4, 0.5) is 5.69 Å². The maximum Gasteiger partial charge on any atom is 0.227 e. The molecular formula is C16H20N4O2. The van der Waals surface area contributed by atoms with Gasteiger partial charge in [0.25, 0.3) is 0 Å². The second kappa shape index (κ2) is 6.27. The molecule has 1 fully saturated rings. The van der Waals surface area contributed by atoms with Crippen molar-refractivity contribution in [2.45, 2.75) is 44.1 Å². The van der Waals surface area contributed by atoms with E-state index >= 15 is 0 Å². The lowest BCUT2D eigenvalue weighted by Crippen LogP contribution is -2.36. The van der Waals surface area contributed by atoms with Crippen molar-refractivity contribution in [1.82, 2.24) is 14.8 Å². The molecular weight excluding hydrogens is 280 g/mol. The molecule has 22 heavy (non-hydrogen) atoms. The maximum atomic E-state index is 12.3. The van der Waals surface area contributed by atoms with Crippen LogP contribution >= 0.6 is 0 Å². The molecule has 1 saturated carbocycles. The number of nitrogens with one attached hydrogen (secondary N) is 1. The van der Waals surface area contributed by atoms with Gasteiger partial charge in [-0.3, -0.25) is 4.79 Å². The van der Waals surface area contributed by atoms with E-state index in [1.54, 1.807) is 41.5 Å². The first kappa shape index (κ1) is 14.7. The van der Waals surface area contributed by atoms with Crippen molar-refractivity contribution in [2.24, 2.45) is 0 Å². The van der Waals surface area contributed by atoms with Gasteiger partial charge in [0.1, 0.15) is 0 Å². The fourth-order valence-corrected chi connectivity index (χ4v) is 2.95. The molecule has 1 aliphatic rings. The molecule has 1 aliphatic carbocycles. The van der Waals surface area contributed by atoms with Crippen molar-refractivity contribution in [3.63, 3.8) is 0 Å². The number of nitrogens with zero attached hydrogens (tertiary/aromatic N) is 3. The zero-order chi connectivity index (χ0) is 15.4. The van der Waals surface area contributed by atoms with Gasteiger partial charge in [0, 0.05) is 18.6 Å². The normalized spacial score (nSPS) is 17.1. The summed E-state index contributed by atoms with van der Waals surface area (Å²) < 4.78 is 1.60. The average molecular weight is 300 g/mol. The SMILES string of the molecule is O=C(CC1(O)CCCCC1)Nc1cccnc1-n1cccn1. The van der Waals surface area contributed by atoms with Crippen LogP contribution in [0.1, 0.15) is 38.5 Å². The second-order valence-corrected chi connectivity index (χ2v) is 5.84. The van der Waals surface area contributed by atoms with Gasteiger partial charge in [-0.25, -0.2) is 9.67 Å². The molecule has 0 aliphatic heterocycles. The number of rotatable bonds is 4. The molecule has 6 heteroatoms. The van der Waals surface area contributed by atoms with Gasteiger partial charge in [0.2, 0.25) is 5.91 Å². The number of amides is 1. The first-order chi connectivity index (χ1) is 10.7. The number of hydrogen-bond acceptors (Lipinski definition) is 4. The Balaban J connectivity index is 1.72. The Morgan fingerprint density at radius 3 is 2.82 bits per heavy atom. The van der Waals surface area contributed by atoms with E-state index in [-0.39, 0.29) is 12.3 Å². The smallest absolute Gasteiger partial charge is 0.227 e. The van der Waals surface area contributed by atoms with E-state index in [9.17, 15) is 9.90 Å². The molecule has 3 rings (SSSR count). The number of carbonyl (C=O) groups excluding carboxylic acids is 1. The molecule has 6 nitrogen and oxygen atoms in total. The molecule has 0 saturated heterocycles. The molecule has 0 radical (unpaired) electrons. The monoisotopic (exact) mass is 300 g/mol. The van der Waals surface area contributed by atoms with Crippen molar-refractivity contribution in [2.75, 3.05) is 5.32 Å². The van der Waals surface area contributed by atoms with Gasteiger partial charge >= 0.3 is 0 Å². The zero-order valence-electron chi connectivity index (χ0n) is 12.4. The van der Waals surface area contributed by atoms with Crippen LogP contribution in [0.25, 0.3) is 5.82 Å². The lowest BCUT2D eigenvalue weighted by atomic mass is 9.82. The molecule has 2 aromatic rings. The predicted octanol–water partition coefficient (Wildman–Crippen LogP) is 2.29. The zero-order valence-corrected chi connectivity index (χ0v) is 12.4. The molecule has 2 aromatic heterocycles. The van der Waals surface area contributed by atoms with Gasteiger partial charge < -0.3 is 10.4 Å². The second-order valence-electron chi connectivity index (χ2n) is 5.84. The Hall–Kier alpha value is -2.21. The van der Waals surface area contributed by atoms with Crippen LogP contribution in [-0.4, -0.2) is 31.4 Å². The molecule has 116 valence electrons. The van der Waals surface area contributed by atoms with E-state index in [4.69, 9.17) is 0 Å². The minimum atomic E-state index is -0.865. The van der Waals surface area contributed by atoms with E-state index in [2.05, 4.69) is 15.4 Å². The van der Waals surface area contributed by atoms with Crippen LogP contribution in [0.2, 0.25) is 0 Å². The highest BCUT2D eigenvalue weighted by Gasteiger charge is 2.31. The number of aromatic nitrogens is 3. The number of aliphatic hydroxyl groups is 1. The molecule has 0 spiro atoms. The van der Waals surface area contributed by atoms with Crippen LogP contribution in [0.5, 0.6) is 0 Å². The van der Waals surface area contributed by atoms with Crippen LogP contribution in [-0.2, 0) is 4.79 Å². The number of anilines is 1. The van der Waals surface area contributed by atoms with E-state index in [1.807, 2.05) is 0 Å². The summed E-state index contributed by atoms with van der Waals surface area (Å²) in [6.45, 7) is 0. The van der Waals surface area contributed by atoms with E-state index in [0.717, 1.165) is 19.3 Å². The van der Waals surface area contributed by atoms with Crippen LogP contribution in [0, 0.1) is 0 Å². The molecule has 2 N–H and O–H groups in total. The third kappa shape index (κ3) is 3.33. The van der Waals surface area contributed by atoms with Crippen molar-refractivity contribution in [3.05, 3.63) is 36.8 Å². The fourth-order valence-electron chi connectivity index (χ4n) is 2.95. The summed E-state index contributed by atoms with van der Waals surface area (Å²) >= 11 is 0. The Bertz CT molecular complexity index is 633. The summed E-state index contributed by atoms with van der Waals surface area (Å²) in [4.78, 5) is 16.5. The first-order valence-electron chi connectivity index (χ1n) is 7.64. The summed E-state index contributed by atoms with van der Waals surface area (Å²) in [6, 6.07) is 5.34. The number of pyridine rings is 1. The number of carbonyl (C=O) groups is 1. The van der Waals surface area contributed by atoms with Gasteiger partial charge in [-0.15, -0.1) is 0 Å². The Morgan fingerprint density at radius 1 is 1.27 bits per heavy atom. The lowest BCUT2D eigenvalue weighted by molar-refractivity contribution is -0.122. The average Bonchev–Trinajstić information content (AvgIpc) is 3.02. The summed E-state index contributed by atoms with van der Waals surface area (Å²) in [5.41, 5.74) is -0.272. The summed E-state index contributed by atoms with van der Waals surface area (Å²) in [5, 5.41) is 17.5. The summed E-state index contributed by atoms with van der Waals surface area (Å²) in [6.07, 6.45) is 9.69. The van der Waals surface area contributed by atoms with Gasteiger partial charge in [0.05, 0.1) is 17.7 Å². The molecule has 1 amide bonds. The minimum Gasteiger partial charge on any atom is -0.389 e. The van der Waals surface area contributed by atoms with Gasteiger partial charge in [-0.05, 0) is 31.0 Å². The third-order valence-electron chi connectivity index (χ3n) is 4.06. The highest BCUT2D eigenvalue weighted by molar-refractivity contribution is 5.92. The van der Waals surface area contributed by atoms with Crippen molar-refractivity contribution >= 4 is 11.6 Å². The first-order valence-corrected chi connectivity index (χ1v) is 7.64. The summed E-state index contributed by atoms with van der Waals surface area (Å²) in [5.74, 6) is 0.377. The summed E-state index contributed by atoms with van der Waals surface area (Å²) in [7, 11) is 0. The topological polar surface area (TPSA) is 80.0 Å². The van der Waals surface area contributed by atoms with E-state index in [0.29, 0.717) is 24.3 Å². The largest absolute Gasteiger partial charge is 0.389 e. The van der Waals surface area contributed by atoms with Crippen molar-refractivity contribution in [1.29, 1.82) is 0 Å². The van der Waals surface area contributed by atoms with Crippen molar-refractivity contribution < 1.29 is 9.90 Å². The predicted molar refractivity (Wildman–Crippen MR) is 82.6 cm³/mol. The van der Waals surface area contributed by atoms with E-state index < -0.39 is 5.60 Å². The number of hydrogen-bond donors (Lipinski definition) is 2. The molecule has 2 heterocycles. The third-order valence-corrected chi connectivity index (χ3v) is 4.06.